The van der Waals surface area contributed by atoms with Crippen LogP contribution in [0.4, 0.5) is 5.69 Å². The van der Waals surface area contributed by atoms with E-state index in [0.717, 1.165) is 17.4 Å². The summed E-state index contributed by atoms with van der Waals surface area (Å²) in [5, 5.41) is 11.8. The number of pyridine rings is 1. The fourth-order valence-corrected chi connectivity index (χ4v) is 3.87. The number of nitrogens with zero attached hydrogens (tertiary/aromatic N) is 3. The number of ether oxygens (including phenoxy) is 1. The normalized spacial score (nSPS) is 11.3. The molecule has 0 aliphatic carbocycles. The van der Waals surface area contributed by atoms with Crippen molar-refractivity contribution >= 4 is 26.9 Å². The van der Waals surface area contributed by atoms with Crippen molar-refractivity contribution < 1.29 is 18.1 Å². The van der Waals surface area contributed by atoms with Crippen molar-refractivity contribution in [2.75, 3.05) is 7.11 Å². The molecule has 0 aliphatic heterocycles. The van der Waals surface area contributed by atoms with Crippen LogP contribution in [0.25, 0.3) is 0 Å². The number of methoxy groups -OCH3 is 1. The molecule has 0 saturated heterocycles. The predicted molar refractivity (Wildman–Crippen MR) is 69.7 cm³/mol. The third kappa shape index (κ3) is 2.47. The predicted octanol–water partition coefficient (Wildman–Crippen LogP) is 1.60. The Morgan fingerprint density at radius 2 is 2.05 bits per heavy atom. The minimum atomic E-state index is -4.15. The molecule has 2 rings (SSSR count). The highest BCUT2D eigenvalue weighted by Gasteiger charge is 2.32. The van der Waals surface area contributed by atoms with Crippen LogP contribution in [0.15, 0.2) is 26.9 Å². The third-order valence-electron chi connectivity index (χ3n) is 2.30. The molecule has 0 unspecified atom stereocenters. The molecule has 106 valence electrons. The van der Waals surface area contributed by atoms with Crippen LogP contribution < -0.4 is 4.74 Å². The van der Waals surface area contributed by atoms with Crippen molar-refractivity contribution in [3.05, 3.63) is 33.3 Å². The Morgan fingerprint density at radius 1 is 1.35 bits per heavy atom. The second-order valence-electron chi connectivity index (χ2n) is 3.69. The quantitative estimate of drug-likeness (QED) is 0.622. The van der Waals surface area contributed by atoms with Crippen LogP contribution in [0.3, 0.4) is 0 Å². The molecule has 20 heavy (non-hydrogen) atoms. The zero-order valence-electron chi connectivity index (χ0n) is 10.4. The number of sulfone groups is 1. The lowest BCUT2D eigenvalue weighted by atomic mass is 10.4. The third-order valence-corrected chi connectivity index (χ3v) is 5.36. The van der Waals surface area contributed by atoms with E-state index in [-0.39, 0.29) is 10.2 Å². The van der Waals surface area contributed by atoms with Gasteiger partial charge in [0.15, 0.2) is 0 Å². The Hall–Kier alpha value is -2.07. The van der Waals surface area contributed by atoms with E-state index in [2.05, 4.69) is 9.97 Å². The molecular weight excluding hydrogens is 306 g/mol. The topological polar surface area (TPSA) is 112 Å². The Balaban J connectivity index is 2.69. The molecule has 0 saturated carbocycles. The largest absolute Gasteiger partial charge is 0.481 e. The van der Waals surface area contributed by atoms with Gasteiger partial charge >= 0.3 is 5.69 Å². The van der Waals surface area contributed by atoms with E-state index in [1.807, 2.05) is 0 Å². The summed E-state index contributed by atoms with van der Waals surface area (Å²) in [5.41, 5.74) is -0.0993. The van der Waals surface area contributed by atoms with Gasteiger partial charge in [0, 0.05) is 23.2 Å². The van der Waals surface area contributed by atoms with Crippen LogP contribution in [0.2, 0.25) is 0 Å². The monoisotopic (exact) mass is 315 g/mol. The van der Waals surface area contributed by atoms with Gasteiger partial charge in [0.2, 0.25) is 15.2 Å². The molecule has 0 N–H and O–H groups in total. The highest BCUT2D eigenvalue weighted by atomic mass is 32.2. The van der Waals surface area contributed by atoms with Gasteiger partial charge in [0.1, 0.15) is 0 Å². The van der Waals surface area contributed by atoms with Crippen molar-refractivity contribution in [2.45, 2.75) is 16.3 Å². The van der Waals surface area contributed by atoms with Gasteiger partial charge in [-0.1, -0.05) is 0 Å². The van der Waals surface area contributed by atoms with Gasteiger partial charge in [0.25, 0.3) is 9.84 Å². The average molecular weight is 315 g/mol. The van der Waals surface area contributed by atoms with Gasteiger partial charge in [-0.05, 0) is 6.92 Å². The van der Waals surface area contributed by atoms with Gasteiger partial charge in [-0.3, -0.25) is 10.1 Å². The fraction of sp³-hybridized carbons (Fsp3) is 0.200. The van der Waals surface area contributed by atoms with Crippen LogP contribution in [0.5, 0.6) is 5.88 Å². The molecule has 0 radical (unpaired) electrons. The molecule has 0 aromatic carbocycles. The van der Waals surface area contributed by atoms with Crippen molar-refractivity contribution in [2.24, 2.45) is 0 Å². The molecule has 0 bridgehead atoms. The summed E-state index contributed by atoms with van der Waals surface area (Å²) >= 11 is 0.883. The summed E-state index contributed by atoms with van der Waals surface area (Å²) in [5.74, 6) is -0.0255. The Kier molecular flexibility index (Phi) is 3.68. The number of aromatic nitrogens is 2. The molecule has 0 aliphatic rings. The van der Waals surface area contributed by atoms with E-state index in [0.29, 0.717) is 5.69 Å². The summed E-state index contributed by atoms with van der Waals surface area (Å²) in [6, 6.07) is 2.27. The van der Waals surface area contributed by atoms with Crippen molar-refractivity contribution in [1.82, 2.24) is 9.97 Å². The van der Waals surface area contributed by atoms with E-state index < -0.39 is 25.5 Å². The van der Waals surface area contributed by atoms with Crippen LogP contribution in [0.1, 0.15) is 5.69 Å². The first-order valence-electron chi connectivity index (χ1n) is 5.23. The number of nitro groups is 1. The molecule has 8 nitrogen and oxygen atoms in total. The number of rotatable bonds is 4. The van der Waals surface area contributed by atoms with Gasteiger partial charge in [0.05, 0.1) is 12.0 Å². The first-order chi connectivity index (χ1) is 9.36. The molecule has 0 amide bonds. The molecular formula is C10H9N3O5S2. The van der Waals surface area contributed by atoms with E-state index in [9.17, 15) is 18.5 Å². The standard InChI is InChI=1S/C10H9N3O5S2/c1-6-5-19-10(11-6)20(16,17)9-7(13(14)15)3-4-8(12-9)18-2/h3-5H,1-2H3. The van der Waals surface area contributed by atoms with Gasteiger partial charge in [-0.25, -0.2) is 13.4 Å². The van der Waals surface area contributed by atoms with Gasteiger partial charge < -0.3 is 4.74 Å². The molecule has 2 aromatic rings. The van der Waals surface area contributed by atoms with Crippen LogP contribution in [-0.4, -0.2) is 30.4 Å². The molecule has 10 heteroatoms. The number of aryl methyl sites for hydroxylation is 1. The molecule has 0 spiro atoms. The van der Waals surface area contributed by atoms with Crippen LogP contribution >= 0.6 is 11.3 Å². The van der Waals surface area contributed by atoms with E-state index in [4.69, 9.17) is 4.74 Å². The summed E-state index contributed by atoms with van der Waals surface area (Å²) in [6.07, 6.45) is 0. The number of thiazole rings is 1. The SMILES string of the molecule is COc1ccc([N+](=O)[O-])c(S(=O)(=O)c2nc(C)cs2)n1. The lowest BCUT2D eigenvalue weighted by molar-refractivity contribution is -0.388. The lowest BCUT2D eigenvalue weighted by Crippen LogP contribution is -2.08. The van der Waals surface area contributed by atoms with E-state index in [1.54, 1.807) is 12.3 Å². The molecule has 2 aromatic heterocycles. The maximum atomic E-state index is 12.4. The number of hydrogen-bond acceptors (Lipinski definition) is 8. The molecule has 2 heterocycles. The van der Waals surface area contributed by atoms with E-state index >= 15 is 0 Å². The van der Waals surface area contributed by atoms with Crippen molar-refractivity contribution in [1.29, 1.82) is 0 Å². The van der Waals surface area contributed by atoms with Gasteiger partial charge in [-0.2, -0.15) is 4.98 Å². The first-order valence-corrected chi connectivity index (χ1v) is 7.59. The van der Waals surface area contributed by atoms with Gasteiger partial charge in [-0.15, -0.1) is 11.3 Å². The average Bonchev–Trinajstić information content (AvgIpc) is 2.85. The van der Waals surface area contributed by atoms with Crippen LogP contribution in [-0.2, 0) is 9.84 Å². The highest BCUT2D eigenvalue weighted by molar-refractivity contribution is 7.93. The molecule has 0 atom stereocenters. The minimum absolute atomic E-state index is 0.0255. The zero-order chi connectivity index (χ0) is 14.9. The van der Waals surface area contributed by atoms with E-state index in [1.165, 1.54) is 13.2 Å². The van der Waals surface area contributed by atoms with Crippen molar-refractivity contribution in [3.8, 4) is 5.88 Å². The maximum Gasteiger partial charge on any atom is 0.307 e. The van der Waals surface area contributed by atoms with Crippen molar-refractivity contribution in [3.63, 3.8) is 0 Å². The minimum Gasteiger partial charge on any atom is -0.481 e. The molecule has 0 fully saturated rings. The Labute approximate surface area is 118 Å². The maximum absolute atomic E-state index is 12.4. The summed E-state index contributed by atoms with van der Waals surface area (Å²) < 4.78 is 29.3. The second-order valence-corrected chi connectivity index (χ2v) is 6.59. The summed E-state index contributed by atoms with van der Waals surface area (Å²) in [4.78, 5) is 17.7. The smallest absolute Gasteiger partial charge is 0.307 e. The second kappa shape index (κ2) is 5.13. The fourth-order valence-electron chi connectivity index (χ4n) is 1.41. The lowest BCUT2D eigenvalue weighted by Gasteiger charge is -2.04. The Bertz CT molecular complexity index is 769. The first kappa shape index (κ1) is 14.3. The van der Waals surface area contributed by atoms with Crippen LogP contribution in [0, 0.1) is 17.0 Å². The number of hydrogen-bond donors (Lipinski definition) is 0. The summed E-state index contributed by atoms with van der Waals surface area (Å²) in [7, 11) is -2.86. The Morgan fingerprint density at radius 3 is 2.55 bits per heavy atom. The highest BCUT2D eigenvalue weighted by Crippen LogP contribution is 2.30. The zero-order valence-corrected chi connectivity index (χ0v) is 12.1. The summed E-state index contributed by atoms with van der Waals surface area (Å²) in [6.45, 7) is 1.63.